The van der Waals surface area contributed by atoms with Crippen LogP contribution in [-0.2, 0) is 44.8 Å². The number of amides is 11. The third kappa shape index (κ3) is 19.6. The number of fused-ring (bicyclic) bond motifs is 4. The fourth-order valence-corrected chi connectivity index (χ4v) is 10.9. The number of hydrogen-bond acceptors (Lipinski definition) is 18. The normalized spacial score (nSPS) is 14.1. The van der Waals surface area contributed by atoms with Crippen molar-refractivity contribution in [3.05, 3.63) is 132 Å². The Morgan fingerprint density at radius 3 is 2.22 bits per heavy atom. The van der Waals surface area contributed by atoms with Gasteiger partial charge in [0.05, 0.1) is 37.2 Å². The summed E-state index contributed by atoms with van der Waals surface area (Å²) >= 11 is 6.61. The Kier molecular flexibility index (Phi) is 25.2. The maximum absolute atomic E-state index is 14.6. The number of carbonyl (C=O) groups excluding carboxylic acids is 10. The van der Waals surface area contributed by atoms with Crippen LogP contribution >= 0.6 is 11.6 Å². The number of likely N-dealkylation sites (N-methyl/N-ethyl adjacent to an activating group) is 1. The number of imide groups is 1. The van der Waals surface area contributed by atoms with Gasteiger partial charge in [-0.15, -0.1) is 11.6 Å². The number of phenolic OH excluding ortho intramolecular Hbond substituents is 1. The van der Waals surface area contributed by atoms with Crippen LogP contribution in [0.25, 0.3) is 21.7 Å². The lowest BCUT2D eigenvalue weighted by Crippen LogP contribution is -2.54. The molecule has 4 aromatic carbocycles. The lowest BCUT2D eigenvalue weighted by Gasteiger charge is -2.26. The SMILES string of the molecule is CC(C)[C@H](NC(=O)OCCOCCN1C(=O)C=CC1=O)C(=O)N[C@@H](CCCNC(N)=O)C(=O)Nc1ccc(COC(=O)N(C)CCN(CCCC[C@H](N)C(=O)O)C(=O)Oc2cc3c(c4ccccc24)[C@H](CCl)CN3C(=O)c2cc3cc(NC(=O)c4ccc(O)cc4)ncc3[nH]2)cc1. The van der Waals surface area contributed by atoms with Gasteiger partial charge in [0.15, 0.2) is 0 Å². The molecule has 0 spiro atoms. The average Bonchev–Trinajstić information content (AvgIpc) is 1.61. The maximum Gasteiger partial charge on any atom is 0.415 e. The third-order valence-electron chi connectivity index (χ3n) is 15.9. The molecule has 2 aliphatic heterocycles. The number of aromatic amines is 1. The number of rotatable bonds is 32. The van der Waals surface area contributed by atoms with Crippen LogP contribution in [-0.4, -0.2) is 191 Å². The van der Waals surface area contributed by atoms with Gasteiger partial charge in [-0.05, 0) is 103 Å². The summed E-state index contributed by atoms with van der Waals surface area (Å²) in [5.41, 5.74) is 14.1. The number of nitrogens with zero attached hydrogens (tertiary/aromatic N) is 5. The number of H-pyrrole nitrogens is 1. The number of aliphatic carboxylic acids is 1. The van der Waals surface area contributed by atoms with Gasteiger partial charge in [0.1, 0.15) is 54.4 Å². The molecule has 97 heavy (non-hydrogen) atoms. The molecular weight excluding hydrogens is 1280 g/mol. The minimum atomic E-state index is -1.17. The van der Waals surface area contributed by atoms with Crippen molar-refractivity contribution in [3.63, 3.8) is 0 Å². The van der Waals surface area contributed by atoms with E-state index in [1.807, 2.05) is 12.1 Å². The van der Waals surface area contributed by atoms with E-state index in [1.165, 1.54) is 47.3 Å². The van der Waals surface area contributed by atoms with Crippen molar-refractivity contribution in [1.82, 2.24) is 40.6 Å². The Labute approximate surface area is 561 Å². The highest BCUT2D eigenvalue weighted by molar-refractivity contribution is 6.19. The van der Waals surface area contributed by atoms with Crippen LogP contribution in [0.1, 0.15) is 83.8 Å². The first-order chi connectivity index (χ1) is 46.5. The highest BCUT2D eigenvalue weighted by atomic mass is 35.5. The summed E-state index contributed by atoms with van der Waals surface area (Å²) in [6.07, 6.45) is 2.28. The van der Waals surface area contributed by atoms with E-state index in [2.05, 4.69) is 36.6 Å². The predicted molar refractivity (Wildman–Crippen MR) is 355 cm³/mol. The number of aromatic nitrogens is 2. The Morgan fingerprint density at radius 1 is 0.804 bits per heavy atom. The molecule has 0 aliphatic carbocycles. The Balaban J connectivity index is 0.876. The molecule has 11 amide bonds. The zero-order chi connectivity index (χ0) is 69.9. The zero-order valence-corrected chi connectivity index (χ0v) is 54.1. The van der Waals surface area contributed by atoms with Gasteiger partial charge in [-0.25, -0.2) is 24.2 Å². The summed E-state index contributed by atoms with van der Waals surface area (Å²) in [6.45, 7) is 3.06. The number of carboxylic acids is 1. The number of anilines is 3. The first-order valence-corrected chi connectivity index (χ1v) is 31.7. The van der Waals surface area contributed by atoms with Gasteiger partial charge >= 0.3 is 30.3 Å². The smallest absolute Gasteiger partial charge is 0.415 e. The van der Waals surface area contributed by atoms with Crippen LogP contribution in [0.2, 0.25) is 0 Å². The van der Waals surface area contributed by atoms with E-state index in [9.17, 15) is 63.0 Å². The van der Waals surface area contributed by atoms with Gasteiger partial charge in [0.2, 0.25) is 11.8 Å². The number of unbranched alkanes of at least 4 members (excludes halogenated alkanes) is 1. The van der Waals surface area contributed by atoms with Crippen molar-refractivity contribution in [3.8, 4) is 11.5 Å². The Hall–Kier alpha value is -10.9. The third-order valence-corrected chi connectivity index (χ3v) is 16.3. The van der Waals surface area contributed by atoms with E-state index in [1.54, 1.807) is 73.3 Å². The van der Waals surface area contributed by atoms with Crippen molar-refractivity contribution >= 4 is 116 Å². The van der Waals surface area contributed by atoms with E-state index in [4.69, 9.17) is 42.0 Å². The molecule has 4 atom stereocenters. The number of primary amides is 1. The molecule has 30 nitrogen and oxygen atoms in total. The van der Waals surface area contributed by atoms with E-state index < -0.39 is 89.8 Å². The number of nitrogens with two attached hydrogens (primary N) is 2. The van der Waals surface area contributed by atoms with Gasteiger partial charge in [-0.2, -0.15) is 0 Å². The molecule has 31 heteroatoms. The number of benzene rings is 4. The monoisotopic (exact) mass is 1360 g/mol. The number of pyridine rings is 1. The molecule has 8 rings (SSSR count). The molecule has 2 aromatic heterocycles. The molecule has 0 bridgehead atoms. The second-order valence-corrected chi connectivity index (χ2v) is 23.5. The summed E-state index contributed by atoms with van der Waals surface area (Å²) in [6, 6.07) is 19.8. The van der Waals surface area contributed by atoms with Gasteiger partial charge < -0.3 is 86.9 Å². The lowest BCUT2D eigenvalue weighted by molar-refractivity contribution is -0.139. The summed E-state index contributed by atoms with van der Waals surface area (Å²) < 4.78 is 22.4. The quantitative estimate of drug-likeness (QED) is 0.0134. The van der Waals surface area contributed by atoms with Crippen LogP contribution in [0.5, 0.6) is 11.5 Å². The van der Waals surface area contributed by atoms with Crippen molar-refractivity contribution < 1.29 is 81.9 Å². The molecule has 12 N–H and O–H groups in total. The second-order valence-electron chi connectivity index (χ2n) is 23.2. The fraction of sp³-hybridized carbons (Fsp3) is 0.364. The van der Waals surface area contributed by atoms with E-state index in [0.717, 1.165) is 22.6 Å². The second kappa shape index (κ2) is 34.0. The highest BCUT2D eigenvalue weighted by Gasteiger charge is 2.37. The van der Waals surface area contributed by atoms with Crippen LogP contribution in [0.15, 0.2) is 109 Å². The van der Waals surface area contributed by atoms with Crippen LogP contribution < -0.4 is 47.7 Å². The Bertz CT molecular complexity index is 3910. The molecule has 0 unspecified atom stereocenters. The number of urea groups is 1. The minimum Gasteiger partial charge on any atom is -0.508 e. The molecule has 4 heterocycles. The minimum absolute atomic E-state index is 0.00268. The van der Waals surface area contributed by atoms with Crippen molar-refractivity contribution in [2.75, 3.05) is 87.6 Å². The van der Waals surface area contributed by atoms with Crippen LogP contribution in [0.3, 0.4) is 0 Å². The molecule has 0 fully saturated rings. The number of halogens is 1. The summed E-state index contributed by atoms with van der Waals surface area (Å²) in [5, 5.41) is 34.0. The van der Waals surface area contributed by atoms with Crippen LogP contribution in [0.4, 0.5) is 36.4 Å². The van der Waals surface area contributed by atoms with E-state index in [-0.39, 0.29) is 120 Å². The summed E-state index contributed by atoms with van der Waals surface area (Å²) in [5.74, 6) is -4.63. The summed E-state index contributed by atoms with van der Waals surface area (Å²) in [4.78, 5) is 155. The van der Waals surface area contributed by atoms with Crippen molar-refractivity contribution in [2.45, 2.75) is 76.6 Å². The summed E-state index contributed by atoms with van der Waals surface area (Å²) in [7, 11) is 1.47. The average molecular weight is 1360 g/mol. The number of aromatic hydroxyl groups is 1. The number of carbonyl (C=O) groups is 11. The van der Waals surface area contributed by atoms with Gasteiger partial charge in [0, 0.05) is 91.8 Å². The molecule has 0 saturated heterocycles. The first-order valence-electron chi connectivity index (χ1n) is 31.1. The molecule has 0 radical (unpaired) electrons. The number of alkyl carbamates (subject to hydrolysis) is 1. The number of phenols is 1. The molecule has 514 valence electrons. The fourth-order valence-electron chi connectivity index (χ4n) is 10.6. The standard InChI is InChI=1S/C66H76ClN13O17/c1-38(2)57(76-64(91)95-30-29-94-28-27-79-54(82)21-22-55(79)83)60(86)74-48(12-8-23-70-63(69)90)59(85)72-43-17-13-39(14-18-43)37-96-65(92)77(3)25-26-78(24-7-6-11-47(68)62(88)89)66(93)97-52-33-51-56(46-10-5-4-9-45(46)52)42(34-67)36-80(51)61(87)49-31-41-32-53(71-35-50(41)73-49)75-58(84)40-15-19-44(81)20-16-40/h4-5,9-10,13-22,31-33,35,38,42,47-48,57,73,81H,6-8,11-12,23-30,34,36-37,68H2,1-3H3,(H,72,85)(H,74,86)(H,76,91)(H,88,89)(H3,69,70,90)(H,71,75,84)/t42-,47+,48+,57+/m1/s1. The molecule has 0 saturated carbocycles. The van der Waals surface area contributed by atoms with E-state index in [0.29, 0.717) is 57.0 Å². The molecule has 2 aliphatic rings. The van der Waals surface area contributed by atoms with Crippen molar-refractivity contribution in [1.29, 1.82) is 0 Å². The lowest BCUT2D eigenvalue weighted by atomic mass is 9.95. The largest absolute Gasteiger partial charge is 0.508 e. The van der Waals surface area contributed by atoms with Crippen LogP contribution in [0, 0.1) is 5.92 Å². The Morgan fingerprint density at radius 2 is 1.53 bits per heavy atom. The maximum atomic E-state index is 14.6. The number of carboxylic acid groups (broad SMARTS) is 1. The molecule has 6 aromatic rings. The molecular formula is C66H76ClN13O17. The number of nitrogens with one attached hydrogen (secondary N) is 6. The highest BCUT2D eigenvalue weighted by Crippen LogP contribution is 2.46. The number of alkyl halides is 1. The topological polar surface area (TPSA) is 419 Å². The zero-order valence-electron chi connectivity index (χ0n) is 53.4. The first kappa shape index (κ1) is 72.0. The number of hydrogen-bond donors (Lipinski definition) is 10. The van der Waals surface area contributed by atoms with Gasteiger partial charge in [0.25, 0.3) is 23.6 Å². The predicted octanol–water partition coefficient (Wildman–Crippen LogP) is 5.87. The van der Waals surface area contributed by atoms with E-state index >= 15 is 0 Å². The number of ether oxygens (including phenoxy) is 4. The van der Waals surface area contributed by atoms with Gasteiger partial charge in [-0.1, -0.05) is 50.2 Å². The van der Waals surface area contributed by atoms with Gasteiger partial charge in [-0.3, -0.25) is 38.5 Å². The van der Waals surface area contributed by atoms with Crippen molar-refractivity contribution in [2.24, 2.45) is 17.4 Å².